The molecule has 0 spiro atoms. The van der Waals surface area contributed by atoms with E-state index in [1.807, 2.05) is 12.1 Å². The van der Waals surface area contributed by atoms with Gasteiger partial charge in [0.15, 0.2) is 9.84 Å². The van der Waals surface area contributed by atoms with Crippen LogP contribution >= 0.6 is 17.0 Å². The molecule has 7 heteroatoms. The molecule has 3 N–H and O–H groups in total. The highest BCUT2D eigenvalue weighted by Crippen LogP contribution is 2.35. The average molecular weight is 414 g/mol. The van der Waals surface area contributed by atoms with Gasteiger partial charge in [-0.3, -0.25) is 0 Å². The van der Waals surface area contributed by atoms with Gasteiger partial charge in [-0.05, 0) is 53.9 Å². The van der Waals surface area contributed by atoms with E-state index in [0.29, 0.717) is 13.0 Å². The summed E-state index contributed by atoms with van der Waals surface area (Å²) in [6.45, 7) is 1.44. The van der Waals surface area contributed by atoms with Crippen LogP contribution in [0.5, 0.6) is 11.5 Å². The predicted octanol–water partition coefficient (Wildman–Crippen LogP) is 2.36. The second-order valence-electron chi connectivity index (χ2n) is 5.89. The summed E-state index contributed by atoms with van der Waals surface area (Å²) in [5.41, 5.74) is 2.85. The molecule has 0 saturated heterocycles. The molecule has 5 nitrogen and oxygen atoms in total. The van der Waals surface area contributed by atoms with E-state index in [4.69, 9.17) is 0 Å². The molecule has 130 valence electrons. The molecule has 1 unspecified atom stereocenters. The highest BCUT2D eigenvalue weighted by molar-refractivity contribution is 8.93. The molecular formula is C17H20BrNO4S. The first-order chi connectivity index (χ1) is 10.9. The summed E-state index contributed by atoms with van der Waals surface area (Å²) >= 11 is 0. The van der Waals surface area contributed by atoms with E-state index in [0.717, 1.165) is 29.5 Å². The Bertz CT molecular complexity index is 834. The van der Waals surface area contributed by atoms with Crippen LogP contribution in [-0.2, 0) is 16.3 Å². The summed E-state index contributed by atoms with van der Waals surface area (Å²) in [6.07, 6.45) is 1.80. The van der Waals surface area contributed by atoms with Crippen LogP contribution in [0.1, 0.15) is 22.6 Å². The molecule has 1 atom stereocenters. The van der Waals surface area contributed by atoms with Crippen molar-refractivity contribution in [1.82, 2.24) is 5.32 Å². The molecular weight excluding hydrogens is 394 g/mol. The van der Waals surface area contributed by atoms with E-state index in [1.165, 1.54) is 0 Å². The Kier molecular flexibility index (Phi) is 5.57. The monoisotopic (exact) mass is 413 g/mol. The molecule has 1 aliphatic rings. The highest BCUT2D eigenvalue weighted by atomic mass is 79.9. The first-order valence-electron chi connectivity index (χ1n) is 7.42. The van der Waals surface area contributed by atoms with Gasteiger partial charge >= 0.3 is 0 Å². The van der Waals surface area contributed by atoms with Crippen molar-refractivity contribution in [3.8, 4) is 11.5 Å². The van der Waals surface area contributed by atoms with Crippen LogP contribution in [-0.4, -0.2) is 38.0 Å². The molecule has 1 aliphatic heterocycles. The number of nitrogens with one attached hydrogen (secondary N) is 1. The van der Waals surface area contributed by atoms with Crippen LogP contribution < -0.4 is 5.32 Å². The van der Waals surface area contributed by atoms with Gasteiger partial charge < -0.3 is 15.5 Å². The molecule has 3 rings (SSSR count). The van der Waals surface area contributed by atoms with Crippen LogP contribution in [0.2, 0.25) is 0 Å². The van der Waals surface area contributed by atoms with Gasteiger partial charge in [-0.2, -0.15) is 0 Å². The Morgan fingerprint density at radius 1 is 1.12 bits per heavy atom. The number of hydrogen-bond donors (Lipinski definition) is 3. The van der Waals surface area contributed by atoms with Gasteiger partial charge in [-0.15, -0.1) is 17.0 Å². The first kappa shape index (κ1) is 18.8. The van der Waals surface area contributed by atoms with Crippen molar-refractivity contribution < 1.29 is 18.6 Å². The van der Waals surface area contributed by atoms with E-state index in [-0.39, 0.29) is 39.3 Å². The van der Waals surface area contributed by atoms with E-state index < -0.39 is 9.84 Å². The second kappa shape index (κ2) is 7.13. The minimum Gasteiger partial charge on any atom is -0.508 e. The number of benzene rings is 2. The van der Waals surface area contributed by atoms with Crippen LogP contribution in [0.15, 0.2) is 41.3 Å². The van der Waals surface area contributed by atoms with Gasteiger partial charge in [0, 0.05) is 18.7 Å². The molecule has 0 bridgehead atoms. The zero-order chi connectivity index (χ0) is 16.6. The second-order valence-corrected chi connectivity index (χ2v) is 7.87. The summed E-state index contributed by atoms with van der Waals surface area (Å²) in [5.74, 6) is -0.0182. The maximum atomic E-state index is 11.8. The van der Waals surface area contributed by atoms with E-state index in [2.05, 4.69) is 5.32 Å². The number of sulfone groups is 1. The summed E-state index contributed by atoms with van der Waals surface area (Å²) in [7, 11) is -3.47. The Hall–Kier alpha value is -1.57. The lowest BCUT2D eigenvalue weighted by Gasteiger charge is -2.19. The Morgan fingerprint density at radius 3 is 2.42 bits per heavy atom. The Balaban J connectivity index is 0.00000208. The van der Waals surface area contributed by atoms with Crippen molar-refractivity contribution in [2.45, 2.75) is 17.2 Å². The molecule has 0 fully saturated rings. The average Bonchev–Trinajstić information content (AvgIpc) is 2.68. The van der Waals surface area contributed by atoms with Crippen LogP contribution in [0, 0.1) is 0 Å². The molecule has 24 heavy (non-hydrogen) atoms. The number of hydrogen-bond acceptors (Lipinski definition) is 5. The van der Waals surface area contributed by atoms with E-state index >= 15 is 0 Å². The van der Waals surface area contributed by atoms with Crippen molar-refractivity contribution in [2.75, 3.05) is 19.3 Å². The SMILES string of the molecule is Br.CS(=O)(=O)c1cc2c(cc1O)C(c1ccc(O)cc1)CNCC2. The third-order valence-electron chi connectivity index (χ3n) is 4.21. The quantitative estimate of drug-likeness (QED) is 0.703. The van der Waals surface area contributed by atoms with Gasteiger partial charge in [0.2, 0.25) is 0 Å². The third kappa shape index (κ3) is 3.74. The molecule has 0 aliphatic carbocycles. The van der Waals surface area contributed by atoms with Crippen molar-refractivity contribution in [3.63, 3.8) is 0 Å². The molecule has 0 aromatic heterocycles. The fraction of sp³-hybridized carbons (Fsp3) is 0.294. The normalized spacial score (nSPS) is 17.5. The summed E-state index contributed by atoms with van der Waals surface area (Å²) in [6, 6.07) is 10.1. The maximum absolute atomic E-state index is 11.8. The number of phenolic OH excluding ortho intramolecular Hbond substituents is 2. The lowest BCUT2D eigenvalue weighted by Crippen LogP contribution is -2.20. The number of aromatic hydroxyl groups is 2. The molecule has 2 aromatic rings. The number of rotatable bonds is 2. The van der Waals surface area contributed by atoms with Gasteiger partial charge in [0.25, 0.3) is 0 Å². The number of halogens is 1. The zero-order valence-corrected chi connectivity index (χ0v) is 15.7. The van der Waals surface area contributed by atoms with Crippen LogP contribution in [0.4, 0.5) is 0 Å². The van der Waals surface area contributed by atoms with Gasteiger partial charge in [0.1, 0.15) is 16.4 Å². The lowest BCUT2D eigenvalue weighted by atomic mass is 9.88. The van der Waals surface area contributed by atoms with Crippen molar-refractivity contribution in [2.24, 2.45) is 0 Å². The minimum absolute atomic E-state index is 0. The van der Waals surface area contributed by atoms with Crippen molar-refractivity contribution in [3.05, 3.63) is 53.1 Å². The van der Waals surface area contributed by atoms with Crippen LogP contribution in [0.25, 0.3) is 0 Å². The first-order valence-corrected chi connectivity index (χ1v) is 9.31. The number of fused-ring (bicyclic) bond motifs is 1. The number of phenols is 2. The molecule has 2 aromatic carbocycles. The van der Waals surface area contributed by atoms with Gasteiger partial charge in [-0.25, -0.2) is 8.42 Å². The van der Waals surface area contributed by atoms with Gasteiger partial charge in [0.05, 0.1) is 0 Å². The third-order valence-corrected chi connectivity index (χ3v) is 5.34. The fourth-order valence-corrected chi connectivity index (χ4v) is 3.84. The standard InChI is InChI=1S/C17H19NO4S.BrH/c1-23(21,22)17-8-12-6-7-18-10-15(14(12)9-16(17)20)11-2-4-13(19)5-3-11;/h2-5,8-9,15,18-20H,6-7,10H2,1H3;1H. The largest absolute Gasteiger partial charge is 0.508 e. The summed E-state index contributed by atoms with van der Waals surface area (Å²) in [5, 5.41) is 23.0. The summed E-state index contributed by atoms with van der Waals surface area (Å²) < 4.78 is 23.6. The molecule has 1 heterocycles. The molecule has 0 amide bonds. The minimum atomic E-state index is -3.47. The summed E-state index contributed by atoms with van der Waals surface area (Å²) in [4.78, 5) is -0.0254. The maximum Gasteiger partial charge on any atom is 0.179 e. The lowest BCUT2D eigenvalue weighted by molar-refractivity contribution is 0.457. The van der Waals surface area contributed by atoms with Crippen molar-refractivity contribution >= 4 is 26.8 Å². The van der Waals surface area contributed by atoms with Crippen LogP contribution in [0.3, 0.4) is 0 Å². The predicted molar refractivity (Wildman–Crippen MR) is 98.1 cm³/mol. The highest BCUT2D eigenvalue weighted by Gasteiger charge is 2.24. The molecule has 0 saturated carbocycles. The smallest absolute Gasteiger partial charge is 0.179 e. The van der Waals surface area contributed by atoms with Crippen molar-refractivity contribution in [1.29, 1.82) is 0 Å². The zero-order valence-electron chi connectivity index (χ0n) is 13.2. The Labute approximate surface area is 152 Å². The Morgan fingerprint density at radius 2 is 1.79 bits per heavy atom. The van der Waals surface area contributed by atoms with Gasteiger partial charge in [-0.1, -0.05) is 12.1 Å². The molecule has 0 radical (unpaired) electrons. The van der Waals surface area contributed by atoms with E-state index in [1.54, 1.807) is 24.3 Å². The fourth-order valence-electron chi connectivity index (χ4n) is 3.05. The topological polar surface area (TPSA) is 86.6 Å². The van der Waals surface area contributed by atoms with E-state index in [9.17, 15) is 18.6 Å².